The van der Waals surface area contributed by atoms with Gasteiger partial charge in [-0.25, -0.2) is 14.8 Å². The number of likely N-dealkylation sites (N-methyl/N-ethyl adjacent to an activating group) is 1. The van der Waals surface area contributed by atoms with Crippen molar-refractivity contribution in [3.8, 4) is 0 Å². The van der Waals surface area contributed by atoms with Crippen molar-refractivity contribution in [3.05, 3.63) is 30.1 Å². The molecular weight excluding hydrogens is 367 g/mol. The molecule has 3 rings (SSSR count). The maximum absolute atomic E-state index is 12.1. The van der Waals surface area contributed by atoms with Crippen LogP contribution in [0.3, 0.4) is 0 Å². The van der Waals surface area contributed by atoms with Crippen molar-refractivity contribution in [3.63, 3.8) is 0 Å². The van der Waals surface area contributed by atoms with E-state index in [1.807, 2.05) is 30.1 Å². The standard InChI is InChI=1S/C14H17N5O.C2HF3O2/c1-16-12-4-5-19(14(12)20)7-9-2-3-11-10(6-9)13(15)18-8-17-11;3-2(4,5)1(6)7/h2-3,6,8,12,16H,4-5,7H2,1H3,(H2,15,17,18);(H,6,7)/t12-;/m0./s1. The van der Waals surface area contributed by atoms with E-state index in [1.54, 1.807) is 0 Å². The van der Waals surface area contributed by atoms with Gasteiger partial charge in [0.05, 0.1) is 11.6 Å². The first kappa shape index (κ1) is 20.4. The number of nitrogens with two attached hydrogens (primary N) is 1. The lowest BCUT2D eigenvalue weighted by atomic mass is 10.1. The molecule has 4 N–H and O–H groups in total. The number of nitrogen functional groups attached to an aromatic ring is 1. The molecule has 2 aromatic rings. The molecule has 0 unspecified atom stereocenters. The van der Waals surface area contributed by atoms with E-state index in [2.05, 4.69) is 15.3 Å². The molecule has 1 aromatic heterocycles. The Morgan fingerprint density at radius 1 is 1.41 bits per heavy atom. The summed E-state index contributed by atoms with van der Waals surface area (Å²) in [7, 11) is 1.82. The van der Waals surface area contributed by atoms with Crippen LogP contribution in [-0.2, 0) is 16.1 Å². The number of anilines is 1. The smallest absolute Gasteiger partial charge is 0.475 e. The van der Waals surface area contributed by atoms with E-state index >= 15 is 0 Å². The molecule has 11 heteroatoms. The van der Waals surface area contributed by atoms with Crippen LogP contribution < -0.4 is 11.1 Å². The largest absolute Gasteiger partial charge is 0.490 e. The number of carboxylic acids is 1. The molecular formula is C16H18F3N5O3. The zero-order valence-electron chi connectivity index (χ0n) is 14.3. The number of fused-ring (bicyclic) bond motifs is 1. The Morgan fingerprint density at radius 2 is 2.07 bits per heavy atom. The van der Waals surface area contributed by atoms with Crippen LogP contribution in [0.1, 0.15) is 12.0 Å². The number of hydrogen-bond acceptors (Lipinski definition) is 6. The summed E-state index contributed by atoms with van der Waals surface area (Å²) in [5.74, 6) is -2.13. The van der Waals surface area contributed by atoms with Gasteiger partial charge in [-0.2, -0.15) is 13.2 Å². The highest BCUT2D eigenvalue weighted by atomic mass is 19.4. The van der Waals surface area contributed by atoms with Gasteiger partial charge in [-0.3, -0.25) is 4.79 Å². The maximum Gasteiger partial charge on any atom is 0.490 e. The number of hydrogen-bond donors (Lipinski definition) is 3. The first-order valence-corrected chi connectivity index (χ1v) is 7.88. The second-order valence-corrected chi connectivity index (χ2v) is 5.80. The minimum atomic E-state index is -5.08. The molecule has 1 amide bonds. The average Bonchev–Trinajstić information content (AvgIpc) is 2.95. The van der Waals surface area contributed by atoms with Crippen molar-refractivity contribution in [1.29, 1.82) is 0 Å². The normalized spacial score (nSPS) is 17.0. The molecule has 0 bridgehead atoms. The van der Waals surface area contributed by atoms with Crippen molar-refractivity contribution in [2.24, 2.45) is 0 Å². The third-order valence-electron chi connectivity index (χ3n) is 3.99. The molecule has 1 aliphatic heterocycles. The number of aromatic nitrogens is 2. The van der Waals surface area contributed by atoms with E-state index in [4.69, 9.17) is 15.6 Å². The number of halogens is 3. The Kier molecular flexibility index (Phi) is 6.16. The van der Waals surface area contributed by atoms with Gasteiger partial charge in [-0.05, 0) is 31.2 Å². The number of carbonyl (C=O) groups excluding carboxylic acids is 1. The molecule has 0 aliphatic carbocycles. The van der Waals surface area contributed by atoms with Gasteiger partial charge in [0.1, 0.15) is 12.1 Å². The fourth-order valence-electron chi connectivity index (χ4n) is 2.61. The summed E-state index contributed by atoms with van der Waals surface area (Å²) in [4.78, 5) is 31.0. The topological polar surface area (TPSA) is 121 Å². The van der Waals surface area contributed by atoms with E-state index < -0.39 is 12.1 Å². The molecule has 0 spiro atoms. The summed E-state index contributed by atoms with van der Waals surface area (Å²) >= 11 is 0. The SMILES string of the molecule is CN[C@H]1CCN(Cc2ccc3ncnc(N)c3c2)C1=O.O=C(O)C(F)(F)F. The van der Waals surface area contributed by atoms with Crippen LogP contribution in [0, 0.1) is 0 Å². The van der Waals surface area contributed by atoms with Crippen molar-refractivity contribution in [2.45, 2.75) is 25.2 Å². The number of carbonyl (C=O) groups is 2. The zero-order chi connectivity index (χ0) is 20.2. The third-order valence-corrected chi connectivity index (χ3v) is 3.99. The molecule has 27 heavy (non-hydrogen) atoms. The zero-order valence-corrected chi connectivity index (χ0v) is 14.3. The minimum absolute atomic E-state index is 0.0520. The Labute approximate surface area is 152 Å². The Hall–Kier alpha value is -2.95. The van der Waals surface area contributed by atoms with E-state index in [1.165, 1.54) is 6.33 Å². The number of carboxylic acid groups (broad SMARTS) is 1. The van der Waals surface area contributed by atoms with Crippen LogP contribution in [0.15, 0.2) is 24.5 Å². The fourth-order valence-corrected chi connectivity index (χ4v) is 2.61. The summed E-state index contributed by atoms with van der Waals surface area (Å²) in [6, 6.07) is 5.81. The number of likely N-dealkylation sites (tertiary alicyclic amines) is 1. The van der Waals surface area contributed by atoms with E-state index in [0.717, 1.165) is 29.4 Å². The van der Waals surface area contributed by atoms with Crippen molar-refractivity contribution < 1.29 is 27.9 Å². The van der Waals surface area contributed by atoms with E-state index in [0.29, 0.717) is 12.4 Å². The molecule has 0 radical (unpaired) electrons. The number of alkyl halides is 3. The summed E-state index contributed by atoms with van der Waals surface area (Å²) in [5, 5.41) is 11.0. The molecule has 1 aromatic carbocycles. The van der Waals surface area contributed by atoms with Crippen molar-refractivity contribution >= 4 is 28.6 Å². The molecule has 1 aliphatic rings. The van der Waals surface area contributed by atoms with Gasteiger partial charge < -0.3 is 21.1 Å². The summed E-state index contributed by atoms with van der Waals surface area (Å²) in [6.45, 7) is 1.38. The molecule has 146 valence electrons. The molecule has 8 nitrogen and oxygen atoms in total. The lowest BCUT2D eigenvalue weighted by Crippen LogP contribution is -2.35. The van der Waals surface area contributed by atoms with Crippen LogP contribution in [0.2, 0.25) is 0 Å². The summed E-state index contributed by atoms with van der Waals surface area (Å²) in [5.41, 5.74) is 7.73. The van der Waals surface area contributed by atoms with Gasteiger partial charge in [-0.1, -0.05) is 6.07 Å². The quantitative estimate of drug-likeness (QED) is 0.725. The van der Waals surface area contributed by atoms with Crippen LogP contribution in [0.25, 0.3) is 10.9 Å². The predicted molar refractivity (Wildman–Crippen MR) is 90.5 cm³/mol. The second-order valence-electron chi connectivity index (χ2n) is 5.80. The highest BCUT2D eigenvalue weighted by molar-refractivity contribution is 5.88. The Balaban J connectivity index is 0.000000321. The Bertz CT molecular complexity index is 844. The first-order chi connectivity index (χ1) is 12.6. The highest BCUT2D eigenvalue weighted by Crippen LogP contribution is 2.21. The maximum atomic E-state index is 12.1. The first-order valence-electron chi connectivity index (χ1n) is 7.88. The minimum Gasteiger partial charge on any atom is -0.475 e. The van der Waals surface area contributed by atoms with Gasteiger partial charge in [0.25, 0.3) is 0 Å². The summed E-state index contributed by atoms with van der Waals surface area (Å²) < 4.78 is 31.7. The lowest BCUT2D eigenvalue weighted by molar-refractivity contribution is -0.192. The van der Waals surface area contributed by atoms with Crippen molar-refractivity contribution in [2.75, 3.05) is 19.3 Å². The van der Waals surface area contributed by atoms with Gasteiger partial charge in [0, 0.05) is 18.5 Å². The van der Waals surface area contributed by atoms with Crippen LogP contribution in [0.4, 0.5) is 19.0 Å². The van der Waals surface area contributed by atoms with Crippen molar-refractivity contribution in [1.82, 2.24) is 20.2 Å². The van der Waals surface area contributed by atoms with Crippen LogP contribution >= 0.6 is 0 Å². The number of nitrogens with one attached hydrogen (secondary N) is 1. The monoisotopic (exact) mass is 385 g/mol. The van der Waals surface area contributed by atoms with Gasteiger partial charge >= 0.3 is 12.1 Å². The van der Waals surface area contributed by atoms with E-state index in [9.17, 15) is 18.0 Å². The number of benzene rings is 1. The Morgan fingerprint density at radius 3 is 2.63 bits per heavy atom. The molecule has 1 atom stereocenters. The van der Waals surface area contributed by atoms with Gasteiger partial charge in [0.15, 0.2) is 0 Å². The number of amides is 1. The molecule has 0 saturated carbocycles. The third kappa shape index (κ3) is 5.03. The second kappa shape index (κ2) is 8.16. The molecule has 1 fully saturated rings. The molecule has 2 heterocycles. The van der Waals surface area contributed by atoms with E-state index in [-0.39, 0.29) is 11.9 Å². The molecule has 1 saturated heterocycles. The van der Waals surface area contributed by atoms with Crippen LogP contribution in [-0.4, -0.2) is 57.7 Å². The number of nitrogens with zero attached hydrogens (tertiary/aromatic N) is 3. The van der Waals surface area contributed by atoms with Gasteiger partial charge in [0.2, 0.25) is 5.91 Å². The fraction of sp³-hybridized carbons (Fsp3) is 0.375. The lowest BCUT2D eigenvalue weighted by Gasteiger charge is -2.17. The number of aliphatic carboxylic acids is 1. The van der Waals surface area contributed by atoms with Crippen LogP contribution in [0.5, 0.6) is 0 Å². The number of rotatable bonds is 3. The van der Waals surface area contributed by atoms with Gasteiger partial charge in [-0.15, -0.1) is 0 Å². The average molecular weight is 385 g/mol. The highest BCUT2D eigenvalue weighted by Gasteiger charge is 2.38. The predicted octanol–water partition coefficient (Wildman–Crippen LogP) is 1.17. The summed E-state index contributed by atoms with van der Waals surface area (Å²) in [6.07, 6.45) is -2.77.